The van der Waals surface area contributed by atoms with Crippen LogP contribution in [0.1, 0.15) is 25.3 Å². The van der Waals surface area contributed by atoms with E-state index in [2.05, 4.69) is 18.3 Å². The Hall–Kier alpha value is -1.49. The van der Waals surface area contributed by atoms with Gasteiger partial charge in [0.1, 0.15) is 6.07 Å². The molecule has 2 nitrogen and oxygen atoms in total. The van der Waals surface area contributed by atoms with E-state index in [-0.39, 0.29) is 0 Å². The van der Waals surface area contributed by atoms with Crippen LogP contribution in [-0.2, 0) is 0 Å². The number of para-hydroxylation sites is 1. The van der Waals surface area contributed by atoms with Crippen molar-refractivity contribution in [3.05, 3.63) is 29.8 Å². The molecule has 2 rings (SSSR count). The van der Waals surface area contributed by atoms with E-state index in [1.807, 2.05) is 24.3 Å². The van der Waals surface area contributed by atoms with E-state index in [0.29, 0.717) is 6.04 Å². The maximum Gasteiger partial charge on any atom is 0.101 e. The normalized spacial score (nSPS) is 24.9. The van der Waals surface area contributed by atoms with Crippen LogP contribution in [0.5, 0.6) is 0 Å². The largest absolute Gasteiger partial charge is 0.381 e. The van der Waals surface area contributed by atoms with Crippen LogP contribution in [0.3, 0.4) is 0 Å². The van der Waals surface area contributed by atoms with Gasteiger partial charge in [-0.1, -0.05) is 19.1 Å². The SMILES string of the molecule is CC1CC(Nc2ccccc2C#N)C1. The van der Waals surface area contributed by atoms with E-state index < -0.39 is 0 Å². The van der Waals surface area contributed by atoms with Crippen LogP contribution in [0.25, 0.3) is 0 Å². The number of nitriles is 1. The van der Waals surface area contributed by atoms with Crippen molar-refractivity contribution in [3.8, 4) is 6.07 Å². The molecule has 0 amide bonds. The monoisotopic (exact) mass is 186 g/mol. The van der Waals surface area contributed by atoms with Crippen LogP contribution < -0.4 is 5.32 Å². The molecule has 0 unspecified atom stereocenters. The first-order valence-electron chi connectivity index (χ1n) is 5.05. The molecule has 0 saturated heterocycles. The molecule has 1 aliphatic rings. The number of nitrogens with one attached hydrogen (secondary N) is 1. The minimum absolute atomic E-state index is 0.569. The van der Waals surface area contributed by atoms with Crippen molar-refractivity contribution in [1.29, 1.82) is 5.26 Å². The third kappa shape index (κ3) is 1.72. The molecule has 0 radical (unpaired) electrons. The van der Waals surface area contributed by atoms with E-state index in [0.717, 1.165) is 17.2 Å². The lowest BCUT2D eigenvalue weighted by molar-refractivity contribution is 0.309. The summed E-state index contributed by atoms with van der Waals surface area (Å²) in [6.07, 6.45) is 2.44. The lowest BCUT2D eigenvalue weighted by Gasteiger charge is -2.34. The van der Waals surface area contributed by atoms with E-state index in [9.17, 15) is 0 Å². The summed E-state index contributed by atoms with van der Waals surface area (Å²) in [4.78, 5) is 0. The fourth-order valence-electron chi connectivity index (χ4n) is 1.95. The molecule has 72 valence electrons. The molecule has 0 bridgehead atoms. The number of nitrogens with zero attached hydrogens (tertiary/aromatic N) is 1. The van der Waals surface area contributed by atoms with Gasteiger partial charge < -0.3 is 5.32 Å². The molecular weight excluding hydrogens is 172 g/mol. The van der Waals surface area contributed by atoms with E-state index in [4.69, 9.17) is 5.26 Å². The van der Waals surface area contributed by atoms with E-state index in [1.54, 1.807) is 0 Å². The Morgan fingerprint density at radius 1 is 1.36 bits per heavy atom. The molecule has 1 saturated carbocycles. The van der Waals surface area contributed by atoms with Gasteiger partial charge in [0, 0.05) is 6.04 Å². The number of hydrogen-bond donors (Lipinski definition) is 1. The van der Waals surface area contributed by atoms with Crippen molar-refractivity contribution in [2.24, 2.45) is 5.92 Å². The minimum atomic E-state index is 0.569. The van der Waals surface area contributed by atoms with Crippen molar-refractivity contribution in [2.75, 3.05) is 5.32 Å². The van der Waals surface area contributed by atoms with Gasteiger partial charge in [0.05, 0.1) is 11.3 Å². The summed E-state index contributed by atoms with van der Waals surface area (Å²) in [6, 6.07) is 10.5. The van der Waals surface area contributed by atoms with Gasteiger partial charge in [-0.15, -0.1) is 0 Å². The fourth-order valence-corrected chi connectivity index (χ4v) is 1.95. The maximum absolute atomic E-state index is 8.88. The lowest BCUT2D eigenvalue weighted by Crippen LogP contribution is -2.33. The number of anilines is 1. The Labute approximate surface area is 84.6 Å². The molecule has 1 aliphatic carbocycles. The number of benzene rings is 1. The van der Waals surface area contributed by atoms with Crippen LogP contribution in [-0.4, -0.2) is 6.04 Å². The predicted octanol–water partition coefficient (Wildman–Crippen LogP) is 2.77. The smallest absolute Gasteiger partial charge is 0.101 e. The minimum Gasteiger partial charge on any atom is -0.381 e. The zero-order valence-electron chi connectivity index (χ0n) is 8.33. The fraction of sp³-hybridized carbons (Fsp3) is 0.417. The zero-order chi connectivity index (χ0) is 9.97. The summed E-state index contributed by atoms with van der Waals surface area (Å²) in [5.74, 6) is 0.835. The molecular formula is C12H14N2. The Morgan fingerprint density at radius 3 is 2.71 bits per heavy atom. The van der Waals surface area contributed by atoms with Gasteiger partial charge in [0.25, 0.3) is 0 Å². The Kier molecular flexibility index (Phi) is 2.41. The van der Waals surface area contributed by atoms with Gasteiger partial charge in [-0.3, -0.25) is 0 Å². The standard InChI is InChI=1S/C12H14N2/c1-9-6-11(7-9)14-12-5-3-2-4-10(12)8-13/h2-5,9,11,14H,6-7H2,1H3. The summed E-state index contributed by atoms with van der Waals surface area (Å²) in [5.41, 5.74) is 1.72. The zero-order valence-corrected chi connectivity index (χ0v) is 8.33. The molecule has 1 aromatic rings. The van der Waals surface area contributed by atoms with Gasteiger partial charge in [0.2, 0.25) is 0 Å². The average Bonchev–Trinajstić information content (AvgIpc) is 2.16. The Bertz CT molecular complexity index is 359. The first-order valence-corrected chi connectivity index (χ1v) is 5.05. The highest BCUT2D eigenvalue weighted by atomic mass is 14.9. The van der Waals surface area contributed by atoms with E-state index in [1.165, 1.54) is 12.8 Å². The molecule has 1 N–H and O–H groups in total. The van der Waals surface area contributed by atoms with Crippen LogP contribution in [0.15, 0.2) is 24.3 Å². The topological polar surface area (TPSA) is 35.8 Å². The summed E-state index contributed by atoms with van der Waals surface area (Å²) >= 11 is 0. The summed E-state index contributed by atoms with van der Waals surface area (Å²) < 4.78 is 0. The Balaban J connectivity index is 2.06. The Morgan fingerprint density at radius 2 is 2.07 bits per heavy atom. The van der Waals surface area contributed by atoms with Crippen LogP contribution in [0.2, 0.25) is 0 Å². The van der Waals surface area contributed by atoms with Crippen molar-refractivity contribution in [1.82, 2.24) is 0 Å². The van der Waals surface area contributed by atoms with Crippen LogP contribution >= 0.6 is 0 Å². The van der Waals surface area contributed by atoms with Crippen molar-refractivity contribution < 1.29 is 0 Å². The molecule has 2 heteroatoms. The highest BCUT2D eigenvalue weighted by Gasteiger charge is 2.25. The molecule has 14 heavy (non-hydrogen) atoms. The summed E-state index contributed by atoms with van der Waals surface area (Å²) in [5, 5.41) is 12.3. The van der Waals surface area contributed by atoms with Gasteiger partial charge in [-0.2, -0.15) is 5.26 Å². The third-order valence-corrected chi connectivity index (χ3v) is 2.78. The third-order valence-electron chi connectivity index (χ3n) is 2.78. The second kappa shape index (κ2) is 3.71. The average molecular weight is 186 g/mol. The maximum atomic E-state index is 8.88. The van der Waals surface area contributed by atoms with Gasteiger partial charge in [-0.05, 0) is 30.9 Å². The van der Waals surface area contributed by atoms with Gasteiger partial charge in [0.15, 0.2) is 0 Å². The van der Waals surface area contributed by atoms with Gasteiger partial charge >= 0.3 is 0 Å². The first-order chi connectivity index (χ1) is 6.79. The van der Waals surface area contributed by atoms with Crippen molar-refractivity contribution in [3.63, 3.8) is 0 Å². The van der Waals surface area contributed by atoms with Crippen molar-refractivity contribution >= 4 is 5.69 Å². The predicted molar refractivity (Wildman–Crippen MR) is 57.0 cm³/mol. The van der Waals surface area contributed by atoms with Crippen LogP contribution in [0, 0.1) is 17.2 Å². The first kappa shape index (κ1) is 9.08. The highest BCUT2D eigenvalue weighted by Crippen LogP contribution is 2.30. The molecule has 0 aromatic heterocycles. The molecule has 0 spiro atoms. The molecule has 1 fully saturated rings. The van der Waals surface area contributed by atoms with Crippen molar-refractivity contribution in [2.45, 2.75) is 25.8 Å². The molecule has 0 atom stereocenters. The quantitative estimate of drug-likeness (QED) is 0.770. The van der Waals surface area contributed by atoms with Gasteiger partial charge in [-0.25, -0.2) is 0 Å². The molecule has 0 heterocycles. The van der Waals surface area contributed by atoms with E-state index >= 15 is 0 Å². The number of rotatable bonds is 2. The summed E-state index contributed by atoms with van der Waals surface area (Å²) in [6.45, 7) is 2.26. The summed E-state index contributed by atoms with van der Waals surface area (Å²) in [7, 11) is 0. The molecule has 1 aromatic carbocycles. The second-order valence-electron chi connectivity index (χ2n) is 4.08. The molecule has 0 aliphatic heterocycles. The lowest BCUT2D eigenvalue weighted by atomic mass is 9.81. The highest BCUT2D eigenvalue weighted by molar-refractivity contribution is 5.57. The van der Waals surface area contributed by atoms with Crippen LogP contribution in [0.4, 0.5) is 5.69 Å². The number of hydrogen-bond acceptors (Lipinski definition) is 2. The second-order valence-corrected chi connectivity index (χ2v) is 4.08.